The maximum absolute atomic E-state index is 5.93. The Morgan fingerprint density at radius 1 is 1.10 bits per heavy atom. The van der Waals surface area contributed by atoms with Gasteiger partial charge in [0.15, 0.2) is 0 Å². The zero-order valence-electron chi connectivity index (χ0n) is 12.1. The molecule has 3 rings (SSSR count). The zero-order valence-corrected chi connectivity index (χ0v) is 12.1. The van der Waals surface area contributed by atoms with E-state index in [1.807, 2.05) is 6.92 Å². The first-order valence-electron chi connectivity index (χ1n) is 7.76. The van der Waals surface area contributed by atoms with Crippen LogP contribution in [0.25, 0.3) is 0 Å². The second kappa shape index (κ2) is 6.24. The highest BCUT2D eigenvalue weighted by molar-refractivity contribution is 5.39. The minimum absolute atomic E-state index is 0.276. The molecule has 110 valence electrons. The van der Waals surface area contributed by atoms with E-state index in [-0.39, 0.29) is 6.10 Å². The molecule has 0 spiro atoms. The van der Waals surface area contributed by atoms with Gasteiger partial charge in [-0.05, 0) is 45.4 Å². The molecule has 0 radical (unpaired) electrons. The van der Waals surface area contributed by atoms with Crippen LogP contribution in [0.2, 0.25) is 0 Å². The molecule has 20 heavy (non-hydrogen) atoms. The van der Waals surface area contributed by atoms with Crippen LogP contribution in [0.4, 0.5) is 11.9 Å². The van der Waals surface area contributed by atoms with Gasteiger partial charge in [-0.15, -0.1) is 0 Å². The van der Waals surface area contributed by atoms with E-state index in [9.17, 15) is 0 Å². The smallest absolute Gasteiger partial charge is 0.323 e. The van der Waals surface area contributed by atoms with E-state index in [0.29, 0.717) is 12.0 Å². The fourth-order valence-electron chi connectivity index (χ4n) is 2.85. The summed E-state index contributed by atoms with van der Waals surface area (Å²) in [6, 6.07) is 0.477. The van der Waals surface area contributed by atoms with Gasteiger partial charge in [0.1, 0.15) is 6.10 Å². The third kappa shape index (κ3) is 3.11. The SMILES string of the molecule is CCNc1nc(OC2CCCC2)nc(N2CCCC2)n1. The van der Waals surface area contributed by atoms with Crippen molar-refractivity contribution >= 4 is 11.9 Å². The van der Waals surface area contributed by atoms with Crippen molar-refractivity contribution in [3.63, 3.8) is 0 Å². The quantitative estimate of drug-likeness (QED) is 0.890. The van der Waals surface area contributed by atoms with Crippen molar-refractivity contribution < 1.29 is 4.74 Å². The second-order valence-electron chi connectivity index (χ2n) is 5.49. The molecule has 2 fully saturated rings. The van der Waals surface area contributed by atoms with E-state index in [1.165, 1.54) is 25.7 Å². The lowest BCUT2D eigenvalue weighted by molar-refractivity contribution is 0.192. The molecule has 1 N–H and O–H groups in total. The second-order valence-corrected chi connectivity index (χ2v) is 5.49. The van der Waals surface area contributed by atoms with Crippen LogP contribution < -0.4 is 15.0 Å². The first-order valence-corrected chi connectivity index (χ1v) is 7.76. The number of rotatable bonds is 5. The van der Waals surface area contributed by atoms with Crippen LogP contribution in [0.3, 0.4) is 0 Å². The van der Waals surface area contributed by atoms with Crippen LogP contribution >= 0.6 is 0 Å². The average molecular weight is 277 g/mol. The molecule has 1 saturated heterocycles. The molecule has 1 aliphatic carbocycles. The lowest BCUT2D eigenvalue weighted by Crippen LogP contribution is -2.23. The van der Waals surface area contributed by atoms with E-state index >= 15 is 0 Å². The van der Waals surface area contributed by atoms with Gasteiger partial charge in [-0.25, -0.2) is 0 Å². The van der Waals surface area contributed by atoms with Gasteiger partial charge in [0, 0.05) is 19.6 Å². The number of aromatic nitrogens is 3. The number of ether oxygens (including phenoxy) is 1. The Labute approximate surface area is 120 Å². The van der Waals surface area contributed by atoms with Gasteiger partial charge in [-0.3, -0.25) is 0 Å². The Hall–Kier alpha value is -1.59. The first kappa shape index (κ1) is 13.4. The molecule has 1 saturated carbocycles. The van der Waals surface area contributed by atoms with Gasteiger partial charge in [-0.1, -0.05) is 0 Å². The Morgan fingerprint density at radius 2 is 1.85 bits per heavy atom. The summed E-state index contributed by atoms with van der Waals surface area (Å²) in [6.45, 7) is 4.89. The third-order valence-corrected chi connectivity index (χ3v) is 3.90. The molecule has 1 aromatic rings. The van der Waals surface area contributed by atoms with Crippen molar-refractivity contribution in [1.82, 2.24) is 15.0 Å². The van der Waals surface area contributed by atoms with Gasteiger partial charge in [0.05, 0.1) is 0 Å². The van der Waals surface area contributed by atoms with Gasteiger partial charge in [0.25, 0.3) is 0 Å². The molecule has 1 aromatic heterocycles. The molecule has 0 unspecified atom stereocenters. The average Bonchev–Trinajstić information content (AvgIpc) is 3.11. The standard InChI is InChI=1S/C14H23N5O/c1-2-15-12-16-13(19-9-5-6-10-19)18-14(17-12)20-11-7-3-4-8-11/h11H,2-10H2,1H3,(H,15,16,17,18). The minimum atomic E-state index is 0.276. The van der Waals surface area contributed by atoms with Crippen molar-refractivity contribution in [3.05, 3.63) is 0 Å². The molecule has 2 aliphatic rings. The molecule has 0 aromatic carbocycles. The lowest BCUT2D eigenvalue weighted by atomic mass is 10.3. The Morgan fingerprint density at radius 3 is 2.55 bits per heavy atom. The monoisotopic (exact) mass is 277 g/mol. The predicted octanol–water partition coefficient (Wildman–Crippen LogP) is 2.22. The van der Waals surface area contributed by atoms with Crippen molar-refractivity contribution in [1.29, 1.82) is 0 Å². The van der Waals surface area contributed by atoms with Crippen molar-refractivity contribution in [2.24, 2.45) is 0 Å². The maximum Gasteiger partial charge on any atom is 0.323 e. The normalized spacial score (nSPS) is 19.6. The van der Waals surface area contributed by atoms with Crippen LogP contribution in [-0.4, -0.2) is 40.7 Å². The summed E-state index contributed by atoms with van der Waals surface area (Å²) in [6.07, 6.45) is 7.41. The Balaban J connectivity index is 1.79. The third-order valence-electron chi connectivity index (χ3n) is 3.90. The molecule has 6 nitrogen and oxygen atoms in total. The molecule has 0 atom stereocenters. The molecule has 0 bridgehead atoms. The van der Waals surface area contributed by atoms with E-state index in [1.54, 1.807) is 0 Å². The Bertz CT molecular complexity index is 441. The molecule has 0 amide bonds. The highest BCUT2D eigenvalue weighted by Gasteiger charge is 2.21. The number of anilines is 2. The van der Waals surface area contributed by atoms with Crippen LogP contribution in [-0.2, 0) is 0 Å². The van der Waals surface area contributed by atoms with E-state index in [4.69, 9.17) is 4.74 Å². The fraction of sp³-hybridized carbons (Fsp3) is 0.786. The molecular formula is C14H23N5O. The van der Waals surface area contributed by atoms with Crippen molar-refractivity contribution in [3.8, 4) is 6.01 Å². The molecule has 2 heterocycles. The van der Waals surface area contributed by atoms with Gasteiger partial charge >= 0.3 is 6.01 Å². The van der Waals surface area contributed by atoms with Crippen LogP contribution in [0.1, 0.15) is 45.4 Å². The molecule has 6 heteroatoms. The molecule has 1 aliphatic heterocycles. The molecular weight excluding hydrogens is 254 g/mol. The van der Waals surface area contributed by atoms with Gasteiger partial charge in [0.2, 0.25) is 11.9 Å². The topological polar surface area (TPSA) is 63.2 Å². The van der Waals surface area contributed by atoms with Crippen molar-refractivity contribution in [2.75, 3.05) is 29.9 Å². The van der Waals surface area contributed by atoms with E-state index < -0.39 is 0 Å². The first-order chi connectivity index (χ1) is 9.85. The summed E-state index contributed by atoms with van der Waals surface area (Å²) >= 11 is 0. The lowest BCUT2D eigenvalue weighted by Gasteiger charge is -2.18. The van der Waals surface area contributed by atoms with Crippen molar-refractivity contribution in [2.45, 2.75) is 51.6 Å². The minimum Gasteiger partial charge on any atom is -0.460 e. The summed E-state index contributed by atoms with van der Waals surface area (Å²) in [4.78, 5) is 15.6. The number of hydrogen-bond acceptors (Lipinski definition) is 6. The highest BCUT2D eigenvalue weighted by atomic mass is 16.5. The van der Waals surface area contributed by atoms with E-state index in [0.717, 1.165) is 38.4 Å². The summed E-state index contributed by atoms with van der Waals surface area (Å²) in [5.74, 6) is 1.37. The summed E-state index contributed by atoms with van der Waals surface area (Å²) < 4.78 is 5.93. The van der Waals surface area contributed by atoms with Crippen LogP contribution in [0.15, 0.2) is 0 Å². The fourth-order valence-corrected chi connectivity index (χ4v) is 2.85. The summed E-state index contributed by atoms with van der Waals surface area (Å²) in [5, 5.41) is 3.17. The van der Waals surface area contributed by atoms with Crippen LogP contribution in [0, 0.1) is 0 Å². The maximum atomic E-state index is 5.93. The highest BCUT2D eigenvalue weighted by Crippen LogP contribution is 2.24. The van der Waals surface area contributed by atoms with Crippen LogP contribution in [0.5, 0.6) is 6.01 Å². The number of nitrogens with zero attached hydrogens (tertiary/aromatic N) is 4. The summed E-state index contributed by atoms with van der Waals surface area (Å²) in [5.41, 5.74) is 0. The predicted molar refractivity (Wildman–Crippen MR) is 78.3 cm³/mol. The largest absolute Gasteiger partial charge is 0.460 e. The van der Waals surface area contributed by atoms with Gasteiger partial charge in [-0.2, -0.15) is 15.0 Å². The van der Waals surface area contributed by atoms with Gasteiger partial charge < -0.3 is 15.0 Å². The summed E-state index contributed by atoms with van der Waals surface area (Å²) in [7, 11) is 0. The Kier molecular flexibility index (Phi) is 4.18. The number of hydrogen-bond donors (Lipinski definition) is 1. The van der Waals surface area contributed by atoms with E-state index in [2.05, 4.69) is 25.2 Å². The number of nitrogens with one attached hydrogen (secondary N) is 1. The zero-order chi connectivity index (χ0) is 13.8.